The maximum Gasteiger partial charge on any atom is 0.287 e. The van der Waals surface area contributed by atoms with Crippen LogP contribution >= 0.6 is 0 Å². The van der Waals surface area contributed by atoms with E-state index in [0.29, 0.717) is 18.2 Å². The van der Waals surface area contributed by atoms with E-state index in [-0.39, 0.29) is 5.91 Å². The Bertz CT molecular complexity index is 873. The molecule has 0 radical (unpaired) electrons. The van der Waals surface area contributed by atoms with E-state index in [4.69, 9.17) is 4.42 Å². The van der Waals surface area contributed by atoms with Gasteiger partial charge in [0, 0.05) is 17.5 Å². The lowest BCUT2D eigenvalue weighted by atomic mass is 9.99. The van der Waals surface area contributed by atoms with Gasteiger partial charge in [0.25, 0.3) is 5.91 Å². The molecule has 0 bridgehead atoms. The summed E-state index contributed by atoms with van der Waals surface area (Å²) in [5.41, 5.74) is 4.94. The minimum Gasteiger partial charge on any atom is -0.450 e. The number of hydrogen-bond acceptors (Lipinski definition) is 2. The highest BCUT2D eigenvalue weighted by atomic mass is 16.3. The Morgan fingerprint density at radius 3 is 2.38 bits per heavy atom. The van der Waals surface area contributed by atoms with Crippen LogP contribution in [0.15, 0.2) is 46.9 Å². The van der Waals surface area contributed by atoms with Crippen molar-refractivity contribution < 1.29 is 9.21 Å². The van der Waals surface area contributed by atoms with E-state index >= 15 is 0 Å². The fraction of sp³-hybridized carbons (Fsp3) is 0.286. The van der Waals surface area contributed by atoms with Crippen LogP contribution in [-0.4, -0.2) is 12.5 Å². The third-order valence-corrected chi connectivity index (χ3v) is 4.06. The van der Waals surface area contributed by atoms with E-state index in [2.05, 4.69) is 44.3 Å². The molecule has 3 rings (SSSR count). The van der Waals surface area contributed by atoms with Crippen LogP contribution in [0.2, 0.25) is 0 Å². The lowest BCUT2D eigenvalue weighted by Gasteiger charge is -2.08. The molecule has 0 atom stereocenters. The number of furan rings is 1. The van der Waals surface area contributed by atoms with Crippen molar-refractivity contribution in [3.63, 3.8) is 0 Å². The highest BCUT2D eigenvalue weighted by molar-refractivity contribution is 6.08. The average Bonchev–Trinajstić information content (AvgIpc) is 2.92. The fourth-order valence-electron chi connectivity index (χ4n) is 2.76. The molecule has 1 amide bonds. The molecule has 3 heteroatoms. The third-order valence-electron chi connectivity index (χ3n) is 4.06. The molecule has 0 saturated carbocycles. The molecule has 24 heavy (non-hydrogen) atoms. The first-order valence-electron chi connectivity index (χ1n) is 8.34. The van der Waals surface area contributed by atoms with Gasteiger partial charge in [-0.1, -0.05) is 55.3 Å². The molecule has 1 aromatic heterocycles. The molecule has 0 fully saturated rings. The first kappa shape index (κ1) is 16.3. The Morgan fingerprint density at radius 2 is 1.71 bits per heavy atom. The van der Waals surface area contributed by atoms with Crippen molar-refractivity contribution in [3.8, 4) is 11.1 Å². The molecule has 0 aliphatic carbocycles. The van der Waals surface area contributed by atoms with Gasteiger partial charge < -0.3 is 9.73 Å². The lowest BCUT2D eigenvalue weighted by Crippen LogP contribution is -2.27. The number of carbonyl (C=O) groups excluding carboxylic acids is 1. The van der Waals surface area contributed by atoms with E-state index in [0.717, 1.165) is 27.7 Å². The van der Waals surface area contributed by atoms with Crippen LogP contribution in [0.1, 0.15) is 35.5 Å². The minimum atomic E-state index is -0.159. The van der Waals surface area contributed by atoms with E-state index in [1.165, 1.54) is 5.56 Å². The summed E-state index contributed by atoms with van der Waals surface area (Å²) in [6.45, 7) is 8.87. The maximum absolute atomic E-state index is 12.7. The quantitative estimate of drug-likeness (QED) is 0.726. The summed E-state index contributed by atoms with van der Waals surface area (Å²) < 4.78 is 5.92. The molecular formula is C21H23NO2. The summed E-state index contributed by atoms with van der Waals surface area (Å²) in [5.74, 6) is 0.622. The van der Waals surface area contributed by atoms with Crippen molar-refractivity contribution in [2.45, 2.75) is 27.7 Å². The average molecular weight is 321 g/mol. The van der Waals surface area contributed by atoms with Crippen molar-refractivity contribution in [3.05, 3.63) is 59.4 Å². The van der Waals surface area contributed by atoms with Crippen molar-refractivity contribution in [2.24, 2.45) is 5.92 Å². The second-order valence-electron chi connectivity index (χ2n) is 6.78. The first-order chi connectivity index (χ1) is 11.5. The van der Waals surface area contributed by atoms with Crippen LogP contribution in [0.3, 0.4) is 0 Å². The normalized spacial score (nSPS) is 11.2. The zero-order valence-corrected chi connectivity index (χ0v) is 14.6. The molecule has 1 heterocycles. The summed E-state index contributed by atoms with van der Waals surface area (Å²) in [6, 6.07) is 14.2. The Hall–Kier alpha value is -2.55. The summed E-state index contributed by atoms with van der Waals surface area (Å²) in [5, 5.41) is 3.94. The molecule has 0 unspecified atom stereocenters. The highest BCUT2D eigenvalue weighted by Crippen LogP contribution is 2.35. The van der Waals surface area contributed by atoms with Gasteiger partial charge in [0.05, 0.1) is 0 Å². The highest BCUT2D eigenvalue weighted by Gasteiger charge is 2.22. The van der Waals surface area contributed by atoms with Gasteiger partial charge in [-0.25, -0.2) is 0 Å². The van der Waals surface area contributed by atoms with Crippen molar-refractivity contribution in [1.29, 1.82) is 0 Å². The number of carbonyl (C=O) groups is 1. The number of aryl methyl sites for hydroxylation is 2. The topological polar surface area (TPSA) is 42.2 Å². The smallest absolute Gasteiger partial charge is 0.287 e. The van der Waals surface area contributed by atoms with Crippen molar-refractivity contribution in [1.82, 2.24) is 5.32 Å². The van der Waals surface area contributed by atoms with Crippen molar-refractivity contribution in [2.75, 3.05) is 6.54 Å². The molecule has 3 aromatic rings. The van der Waals surface area contributed by atoms with Gasteiger partial charge in [-0.3, -0.25) is 4.79 Å². The summed E-state index contributed by atoms with van der Waals surface area (Å²) >= 11 is 0. The summed E-state index contributed by atoms with van der Waals surface area (Å²) in [7, 11) is 0. The van der Waals surface area contributed by atoms with Gasteiger partial charge in [-0.05, 0) is 37.5 Å². The Labute approximate surface area is 142 Å². The molecule has 0 spiro atoms. The molecule has 2 aromatic carbocycles. The molecule has 0 aliphatic rings. The Kier molecular flexibility index (Phi) is 4.43. The SMILES string of the molecule is Cc1ccc(-c2c(C(=O)NCC(C)C)oc3ccc(C)cc23)cc1. The van der Waals surface area contributed by atoms with E-state index in [1.54, 1.807) is 0 Å². The standard InChI is InChI=1S/C21H23NO2/c1-13(2)12-22-21(23)20-19(16-8-5-14(3)6-9-16)17-11-15(4)7-10-18(17)24-20/h5-11,13H,12H2,1-4H3,(H,22,23). The van der Waals surface area contributed by atoms with Crippen LogP contribution in [0.4, 0.5) is 0 Å². The van der Waals surface area contributed by atoms with E-state index in [9.17, 15) is 4.79 Å². The molecule has 124 valence electrons. The Morgan fingerprint density at radius 1 is 1.04 bits per heavy atom. The number of hydrogen-bond donors (Lipinski definition) is 1. The van der Waals surface area contributed by atoms with E-state index in [1.807, 2.05) is 31.2 Å². The van der Waals surface area contributed by atoms with Gasteiger partial charge in [0.1, 0.15) is 5.58 Å². The molecule has 3 nitrogen and oxygen atoms in total. The number of amides is 1. The van der Waals surface area contributed by atoms with Crippen LogP contribution in [0.5, 0.6) is 0 Å². The van der Waals surface area contributed by atoms with Crippen LogP contribution in [0.25, 0.3) is 22.1 Å². The predicted octanol–water partition coefficient (Wildman–Crippen LogP) is 5.10. The fourth-order valence-corrected chi connectivity index (χ4v) is 2.76. The van der Waals surface area contributed by atoms with E-state index < -0.39 is 0 Å². The van der Waals surface area contributed by atoms with Crippen molar-refractivity contribution >= 4 is 16.9 Å². The molecule has 0 saturated heterocycles. The predicted molar refractivity (Wildman–Crippen MR) is 98.3 cm³/mol. The van der Waals surface area contributed by atoms with Crippen LogP contribution < -0.4 is 5.32 Å². The second-order valence-corrected chi connectivity index (χ2v) is 6.78. The van der Waals surface area contributed by atoms with Gasteiger partial charge in [0.2, 0.25) is 5.76 Å². The largest absolute Gasteiger partial charge is 0.450 e. The first-order valence-corrected chi connectivity index (χ1v) is 8.34. The number of benzene rings is 2. The molecular weight excluding hydrogens is 298 g/mol. The summed E-state index contributed by atoms with van der Waals surface area (Å²) in [4.78, 5) is 12.7. The third kappa shape index (κ3) is 3.21. The second kappa shape index (κ2) is 6.52. The van der Waals surface area contributed by atoms with Gasteiger partial charge in [-0.15, -0.1) is 0 Å². The minimum absolute atomic E-state index is 0.159. The number of rotatable bonds is 4. The van der Waals surface area contributed by atoms with Gasteiger partial charge in [0.15, 0.2) is 0 Å². The number of fused-ring (bicyclic) bond motifs is 1. The number of nitrogens with one attached hydrogen (secondary N) is 1. The molecule has 1 N–H and O–H groups in total. The van der Waals surface area contributed by atoms with Gasteiger partial charge >= 0.3 is 0 Å². The van der Waals surface area contributed by atoms with Gasteiger partial charge in [-0.2, -0.15) is 0 Å². The van der Waals surface area contributed by atoms with Crippen LogP contribution in [-0.2, 0) is 0 Å². The lowest BCUT2D eigenvalue weighted by molar-refractivity contribution is 0.0924. The maximum atomic E-state index is 12.7. The zero-order valence-electron chi connectivity index (χ0n) is 14.6. The zero-order chi connectivity index (χ0) is 17.3. The summed E-state index contributed by atoms with van der Waals surface area (Å²) in [6.07, 6.45) is 0. The Balaban J connectivity index is 2.15. The molecule has 0 aliphatic heterocycles. The monoisotopic (exact) mass is 321 g/mol. The van der Waals surface area contributed by atoms with Crippen LogP contribution in [0, 0.1) is 19.8 Å².